The molecule has 1 fully saturated rings. The molecule has 6 aromatic rings. The van der Waals surface area contributed by atoms with Crippen molar-refractivity contribution in [1.29, 1.82) is 0 Å². The highest BCUT2D eigenvalue weighted by Gasteiger charge is 2.52. The number of nitrogens with zero attached hydrogens (tertiary/aromatic N) is 2. The smallest absolute Gasteiger partial charge is 0.387 e. The molecule has 0 atom stereocenters. The van der Waals surface area contributed by atoms with Gasteiger partial charge in [0.25, 0.3) is 0 Å². The van der Waals surface area contributed by atoms with Gasteiger partial charge < -0.3 is 4.74 Å². The SMILES string of the molecule is Fc1c(F)c(F)c([B-](c2c(F)c(F)c(F)c(F)c2F)(c2c(F)c(F)c(F)c(F)c2F)c2c(F)c(F)c(F)c(F)c2F)c(F)c1F.c1ccc(C[n+]2ccncc2OC2CCCC2)cc1. The van der Waals surface area contributed by atoms with Crippen LogP contribution in [0.25, 0.3) is 0 Å². The maximum Gasteiger partial charge on any atom is 0.387 e. The summed E-state index contributed by atoms with van der Waals surface area (Å²) in [4.78, 5) is 4.18. The zero-order valence-corrected chi connectivity index (χ0v) is 31.2. The van der Waals surface area contributed by atoms with Crippen molar-refractivity contribution in [3.63, 3.8) is 0 Å². The maximum atomic E-state index is 15.4. The predicted molar refractivity (Wildman–Crippen MR) is 182 cm³/mol. The first-order valence-corrected chi connectivity index (χ1v) is 17.9. The molecule has 0 spiro atoms. The van der Waals surface area contributed by atoms with Crippen LogP contribution in [-0.4, -0.2) is 17.2 Å². The topological polar surface area (TPSA) is 26.0 Å². The van der Waals surface area contributed by atoms with Crippen molar-refractivity contribution in [2.24, 2.45) is 0 Å². The minimum atomic E-state index is -7.22. The van der Waals surface area contributed by atoms with Crippen LogP contribution in [0.5, 0.6) is 5.88 Å². The Morgan fingerprint density at radius 3 is 1.05 bits per heavy atom. The number of benzene rings is 5. The van der Waals surface area contributed by atoms with Gasteiger partial charge in [-0.1, -0.05) is 30.3 Å². The van der Waals surface area contributed by atoms with Gasteiger partial charge >= 0.3 is 5.88 Å². The summed E-state index contributed by atoms with van der Waals surface area (Å²) in [7, 11) is 0. The van der Waals surface area contributed by atoms with E-state index < -0.39 is 144 Å². The summed E-state index contributed by atoms with van der Waals surface area (Å²) in [5.74, 6) is -70.5. The van der Waals surface area contributed by atoms with Crippen LogP contribution >= 0.6 is 0 Å². The third-order valence-corrected chi connectivity index (χ3v) is 10.3. The van der Waals surface area contributed by atoms with Crippen molar-refractivity contribution in [1.82, 2.24) is 4.98 Å². The van der Waals surface area contributed by atoms with Gasteiger partial charge in [0.1, 0.15) is 65.0 Å². The maximum absolute atomic E-state index is 15.4. The number of hydrogen-bond donors (Lipinski definition) is 0. The van der Waals surface area contributed by atoms with Crippen LogP contribution < -0.4 is 31.2 Å². The number of rotatable bonds is 8. The zero-order chi connectivity index (χ0) is 47.3. The molecule has 0 saturated heterocycles. The highest BCUT2D eigenvalue weighted by molar-refractivity contribution is 7.20. The molecule has 7 rings (SSSR count). The van der Waals surface area contributed by atoms with E-state index in [1.54, 1.807) is 0 Å². The van der Waals surface area contributed by atoms with Crippen LogP contribution in [0.15, 0.2) is 48.9 Å². The van der Waals surface area contributed by atoms with Gasteiger partial charge in [0, 0.05) is 5.56 Å². The van der Waals surface area contributed by atoms with Gasteiger partial charge in [-0.25, -0.2) is 92.8 Å². The molecule has 0 N–H and O–H groups in total. The second-order valence-corrected chi connectivity index (χ2v) is 13.9. The average Bonchev–Trinajstić information content (AvgIpc) is 3.80. The molecule has 1 aromatic heterocycles. The molecule has 1 heterocycles. The summed E-state index contributed by atoms with van der Waals surface area (Å²) in [6.07, 6.45) is 3.66. The molecule has 338 valence electrons. The summed E-state index contributed by atoms with van der Waals surface area (Å²) in [6, 6.07) is 10.4. The van der Waals surface area contributed by atoms with Crippen LogP contribution in [0.1, 0.15) is 31.2 Å². The van der Waals surface area contributed by atoms with E-state index in [9.17, 15) is 52.7 Å². The van der Waals surface area contributed by atoms with Gasteiger partial charge in [-0.15, -0.1) is 21.9 Å². The molecule has 0 aliphatic heterocycles. The van der Waals surface area contributed by atoms with Gasteiger partial charge in [-0.3, -0.25) is 0 Å². The van der Waals surface area contributed by atoms with Crippen molar-refractivity contribution in [2.75, 3.05) is 0 Å². The number of halogens is 20. The van der Waals surface area contributed by atoms with E-state index >= 15 is 35.1 Å². The molecule has 0 bridgehead atoms. The Labute approximate surface area is 345 Å². The molecular formula is C40H19BF20N2O. The molecule has 1 saturated carbocycles. The monoisotopic (exact) mass is 934 g/mol. The molecule has 0 radical (unpaired) electrons. The van der Waals surface area contributed by atoms with E-state index in [-0.39, 0.29) is 0 Å². The van der Waals surface area contributed by atoms with Gasteiger partial charge in [0.2, 0.25) is 0 Å². The minimum Gasteiger partial charge on any atom is -0.440 e. The highest BCUT2D eigenvalue weighted by Crippen LogP contribution is 2.31. The summed E-state index contributed by atoms with van der Waals surface area (Å²) < 4.78 is 302. The number of ether oxygens (including phenoxy) is 1. The van der Waals surface area contributed by atoms with E-state index in [4.69, 9.17) is 4.74 Å². The first-order valence-electron chi connectivity index (χ1n) is 17.9. The van der Waals surface area contributed by atoms with Crippen LogP contribution in [0, 0.1) is 116 Å². The van der Waals surface area contributed by atoms with Crippen molar-refractivity contribution in [3.8, 4) is 5.88 Å². The zero-order valence-electron chi connectivity index (χ0n) is 31.2. The Balaban J connectivity index is 0.000000295. The van der Waals surface area contributed by atoms with E-state index in [1.807, 2.05) is 24.7 Å². The molecule has 1 aliphatic carbocycles. The highest BCUT2D eigenvalue weighted by atomic mass is 19.2. The quantitative estimate of drug-likeness (QED) is 0.0503. The lowest BCUT2D eigenvalue weighted by molar-refractivity contribution is -0.694. The van der Waals surface area contributed by atoms with Crippen molar-refractivity contribution in [2.45, 2.75) is 38.3 Å². The Morgan fingerprint density at radius 2 is 0.734 bits per heavy atom. The Bertz CT molecular complexity index is 2420. The fourth-order valence-corrected chi connectivity index (χ4v) is 7.43. The normalized spacial score (nSPS) is 13.1. The lowest BCUT2D eigenvalue weighted by Gasteiger charge is -2.44. The third kappa shape index (κ3) is 7.62. The molecule has 1 aliphatic rings. The second-order valence-electron chi connectivity index (χ2n) is 13.9. The van der Waals surface area contributed by atoms with Crippen LogP contribution in [0.2, 0.25) is 0 Å². The van der Waals surface area contributed by atoms with Crippen LogP contribution in [0.3, 0.4) is 0 Å². The molecule has 3 nitrogen and oxygen atoms in total. The largest absolute Gasteiger partial charge is 0.440 e. The Hall–Kier alpha value is -6.36. The first kappa shape index (κ1) is 47.1. The standard InChI is InChI=1S/C24BF20.C16H19N2O/c26-5-1(6(27)14(35)21(42)13(5)34)25(2-7(28)15(36)22(43)16(37)8(2)29,3-9(30)17(38)23(44)18(39)10(3)31)4-11(32)19(40)24(45)20(41)12(4)33;1-2-6-14(7-3-1)13-18-11-10-17-12-16(18)19-15-8-4-5-9-15/h;1-3,6-7,10-12,15H,4-5,8-9,13H2/q-1;+1. The summed E-state index contributed by atoms with van der Waals surface area (Å²) in [5.41, 5.74) is -13.1. The Kier molecular flexibility index (Phi) is 13.3. The third-order valence-electron chi connectivity index (χ3n) is 10.3. The van der Waals surface area contributed by atoms with Gasteiger partial charge in [-0.2, -0.15) is 4.57 Å². The summed E-state index contributed by atoms with van der Waals surface area (Å²) in [6.45, 7) is 0.825. The van der Waals surface area contributed by atoms with E-state index in [2.05, 4.69) is 33.8 Å². The lowest BCUT2D eigenvalue weighted by Crippen LogP contribution is -2.81. The minimum absolute atomic E-state index is 0.367. The number of aromatic nitrogens is 2. The van der Waals surface area contributed by atoms with Crippen molar-refractivity contribution >= 4 is 28.0 Å². The molecule has 5 aromatic carbocycles. The molecule has 0 amide bonds. The summed E-state index contributed by atoms with van der Waals surface area (Å²) >= 11 is 0. The summed E-state index contributed by atoms with van der Waals surface area (Å²) in [5, 5.41) is 0. The average molecular weight is 934 g/mol. The molecule has 64 heavy (non-hydrogen) atoms. The van der Waals surface area contributed by atoms with E-state index in [0.29, 0.717) is 6.10 Å². The van der Waals surface area contributed by atoms with Crippen molar-refractivity contribution < 1.29 is 97.1 Å². The van der Waals surface area contributed by atoms with Crippen LogP contribution in [0.4, 0.5) is 87.8 Å². The van der Waals surface area contributed by atoms with E-state index in [1.165, 1.54) is 31.2 Å². The Morgan fingerprint density at radius 1 is 0.438 bits per heavy atom. The fraction of sp³-hybridized carbons (Fsp3) is 0.150. The van der Waals surface area contributed by atoms with E-state index in [0.717, 1.165) is 12.4 Å². The van der Waals surface area contributed by atoms with Gasteiger partial charge in [-0.05, 0) is 25.7 Å². The fourth-order valence-electron chi connectivity index (χ4n) is 7.43. The van der Waals surface area contributed by atoms with Crippen molar-refractivity contribution in [3.05, 3.63) is 171 Å². The second kappa shape index (κ2) is 18.0. The first-order chi connectivity index (χ1) is 30.1. The number of hydrogen-bond acceptors (Lipinski definition) is 2. The molecular weight excluding hydrogens is 915 g/mol. The predicted octanol–water partition coefficient (Wildman–Crippen LogP) is 8.58. The molecule has 24 heteroatoms. The molecule has 0 unspecified atom stereocenters. The van der Waals surface area contributed by atoms with Crippen LogP contribution in [-0.2, 0) is 6.54 Å². The van der Waals surface area contributed by atoms with Gasteiger partial charge in [0.05, 0.1) is 6.20 Å². The van der Waals surface area contributed by atoms with Gasteiger partial charge in [0.15, 0.2) is 82.5 Å². The lowest BCUT2D eigenvalue weighted by atomic mass is 9.12.